The van der Waals surface area contributed by atoms with E-state index in [1.165, 1.54) is 5.56 Å². The van der Waals surface area contributed by atoms with Crippen molar-refractivity contribution in [3.63, 3.8) is 0 Å². The standard InChI is InChI=1S/C16H22N6/c1-16(2,3)13-5-8-19-20-14(13)21-9-11-22(12-10-21)15-17-6-4-7-18-15/h4-8H,9-12H2,1-3H3. The molecule has 116 valence electrons. The molecule has 0 spiro atoms. The third-order valence-electron chi connectivity index (χ3n) is 3.92. The SMILES string of the molecule is CC(C)(C)c1ccnnc1N1CCN(c2ncccn2)CC1. The molecule has 1 aliphatic rings. The molecule has 0 amide bonds. The van der Waals surface area contributed by atoms with Crippen molar-refractivity contribution in [3.05, 3.63) is 36.3 Å². The van der Waals surface area contributed by atoms with Gasteiger partial charge in [0.25, 0.3) is 0 Å². The van der Waals surface area contributed by atoms with Crippen LogP contribution in [-0.4, -0.2) is 46.3 Å². The molecule has 0 aliphatic carbocycles. The molecule has 0 radical (unpaired) electrons. The maximum absolute atomic E-state index is 4.39. The minimum Gasteiger partial charge on any atom is -0.351 e. The van der Waals surface area contributed by atoms with Crippen molar-refractivity contribution in [2.24, 2.45) is 0 Å². The second-order valence-corrected chi connectivity index (χ2v) is 6.54. The number of piperazine rings is 1. The first-order valence-corrected chi connectivity index (χ1v) is 7.65. The zero-order valence-corrected chi connectivity index (χ0v) is 13.4. The molecule has 0 saturated carbocycles. The maximum Gasteiger partial charge on any atom is 0.225 e. The summed E-state index contributed by atoms with van der Waals surface area (Å²) >= 11 is 0. The third-order valence-corrected chi connectivity index (χ3v) is 3.92. The molecule has 3 rings (SSSR count). The van der Waals surface area contributed by atoms with E-state index in [1.807, 2.05) is 6.07 Å². The molecule has 6 heteroatoms. The summed E-state index contributed by atoms with van der Waals surface area (Å²) in [7, 11) is 0. The highest BCUT2D eigenvalue weighted by Gasteiger charge is 2.26. The normalized spacial score (nSPS) is 16.0. The molecular weight excluding hydrogens is 276 g/mol. The molecule has 1 fully saturated rings. The summed E-state index contributed by atoms with van der Waals surface area (Å²) in [5.74, 6) is 1.81. The Morgan fingerprint density at radius 3 is 2.18 bits per heavy atom. The largest absolute Gasteiger partial charge is 0.351 e. The number of aromatic nitrogens is 4. The Morgan fingerprint density at radius 2 is 1.55 bits per heavy atom. The fraction of sp³-hybridized carbons (Fsp3) is 0.500. The molecule has 0 N–H and O–H groups in total. The molecular formula is C16H22N6. The molecule has 2 aromatic heterocycles. The van der Waals surface area contributed by atoms with E-state index in [9.17, 15) is 0 Å². The van der Waals surface area contributed by atoms with Crippen molar-refractivity contribution in [2.45, 2.75) is 26.2 Å². The maximum atomic E-state index is 4.39. The molecule has 0 bridgehead atoms. The summed E-state index contributed by atoms with van der Waals surface area (Å²) in [6, 6.07) is 3.92. The molecule has 0 atom stereocenters. The molecule has 1 saturated heterocycles. The van der Waals surface area contributed by atoms with Crippen molar-refractivity contribution < 1.29 is 0 Å². The van der Waals surface area contributed by atoms with Crippen molar-refractivity contribution in [3.8, 4) is 0 Å². The van der Waals surface area contributed by atoms with Gasteiger partial charge in [0.1, 0.15) is 0 Å². The average Bonchev–Trinajstić information content (AvgIpc) is 2.55. The summed E-state index contributed by atoms with van der Waals surface area (Å²) in [6.07, 6.45) is 5.35. The van der Waals surface area contributed by atoms with Gasteiger partial charge in [-0.2, -0.15) is 5.10 Å². The minimum absolute atomic E-state index is 0.0605. The number of hydrogen-bond donors (Lipinski definition) is 0. The van der Waals surface area contributed by atoms with Crippen LogP contribution in [-0.2, 0) is 5.41 Å². The summed E-state index contributed by atoms with van der Waals surface area (Å²) < 4.78 is 0. The van der Waals surface area contributed by atoms with Gasteiger partial charge in [0.05, 0.1) is 6.20 Å². The summed E-state index contributed by atoms with van der Waals surface area (Å²) in [5, 5.41) is 8.47. The van der Waals surface area contributed by atoms with Crippen LogP contribution in [0.3, 0.4) is 0 Å². The van der Waals surface area contributed by atoms with Gasteiger partial charge in [0.2, 0.25) is 5.95 Å². The number of anilines is 2. The second-order valence-electron chi connectivity index (χ2n) is 6.54. The quantitative estimate of drug-likeness (QED) is 0.844. The third kappa shape index (κ3) is 3.00. The lowest BCUT2D eigenvalue weighted by atomic mass is 9.87. The van der Waals surface area contributed by atoms with Crippen LogP contribution in [0.2, 0.25) is 0 Å². The van der Waals surface area contributed by atoms with E-state index in [4.69, 9.17) is 0 Å². The first-order chi connectivity index (χ1) is 10.6. The summed E-state index contributed by atoms with van der Waals surface area (Å²) in [5.41, 5.74) is 1.30. The van der Waals surface area contributed by atoms with Crippen molar-refractivity contribution >= 4 is 11.8 Å². The van der Waals surface area contributed by atoms with Gasteiger partial charge < -0.3 is 9.80 Å². The molecule has 1 aliphatic heterocycles. The molecule has 22 heavy (non-hydrogen) atoms. The van der Waals surface area contributed by atoms with Crippen molar-refractivity contribution in [1.29, 1.82) is 0 Å². The van der Waals surface area contributed by atoms with E-state index in [0.717, 1.165) is 37.9 Å². The van der Waals surface area contributed by atoms with Gasteiger partial charge >= 0.3 is 0 Å². The molecule has 0 unspecified atom stereocenters. The zero-order chi connectivity index (χ0) is 15.6. The Bertz CT molecular complexity index is 614. The van der Waals surface area contributed by atoms with Crippen LogP contribution in [0.15, 0.2) is 30.7 Å². The van der Waals surface area contributed by atoms with Crippen LogP contribution in [0.4, 0.5) is 11.8 Å². The number of rotatable bonds is 2. The Balaban J connectivity index is 1.75. The van der Waals surface area contributed by atoms with Gasteiger partial charge in [-0.25, -0.2) is 9.97 Å². The Hall–Kier alpha value is -2.24. The molecule has 6 nitrogen and oxygen atoms in total. The fourth-order valence-electron chi connectivity index (χ4n) is 2.72. The van der Waals surface area contributed by atoms with Crippen molar-refractivity contribution in [2.75, 3.05) is 36.0 Å². The summed E-state index contributed by atoms with van der Waals surface area (Å²) in [6.45, 7) is 10.2. The highest BCUT2D eigenvalue weighted by atomic mass is 15.3. The Kier molecular flexibility index (Phi) is 3.92. The Morgan fingerprint density at radius 1 is 0.909 bits per heavy atom. The molecule has 0 aromatic carbocycles. The minimum atomic E-state index is 0.0605. The smallest absolute Gasteiger partial charge is 0.225 e. The topological polar surface area (TPSA) is 58.0 Å². The van der Waals surface area contributed by atoms with Gasteiger partial charge in [0.15, 0.2) is 5.82 Å². The van der Waals surface area contributed by atoms with Gasteiger partial charge in [-0.15, -0.1) is 5.10 Å². The van der Waals surface area contributed by atoms with Gasteiger partial charge in [0, 0.05) is 44.1 Å². The first-order valence-electron chi connectivity index (χ1n) is 7.65. The highest BCUT2D eigenvalue weighted by Crippen LogP contribution is 2.30. The van der Waals surface area contributed by atoms with E-state index >= 15 is 0 Å². The lowest BCUT2D eigenvalue weighted by Crippen LogP contribution is -2.48. The van der Waals surface area contributed by atoms with Crippen LogP contribution in [0.1, 0.15) is 26.3 Å². The van der Waals surface area contributed by atoms with Crippen molar-refractivity contribution in [1.82, 2.24) is 20.2 Å². The highest BCUT2D eigenvalue weighted by molar-refractivity contribution is 5.50. The summed E-state index contributed by atoms with van der Waals surface area (Å²) in [4.78, 5) is 13.2. The van der Waals surface area contributed by atoms with Crippen LogP contribution < -0.4 is 9.80 Å². The van der Waals surface area contributed by atoms with Crippen LogP contribution >= 0.6 is 0 Å². The fourth-order valence-corrected chi connectivity index (χ4v) is 2.72. The zero-order valence-electron chi connectivity index (χ0n) is 13.4. The van der Waals surface area contributed by atoms with Crippen LogP contribution in [0.5, 0.6) is 0 Å². The van der Waals surface area contributed by atoms with E-state index in [1.54, 1.807) is 18.6 Å². The first kappa shape index (κ1) is 14.7. The molecule has 3 heterocycles. The predicted molar refractivity (Wildman–Crippen MR) is 87.2 cm³/mol. The van der Waals surface area contributed by atoms with Gasteiger partial charge in [-0.1, -0.05) is 20.8 Å². The van der Waals surface area contributed by atoms with E-state index in [2.05, 4.69) is 56.8 Å². The second kappa shape index (κ2) is 5.87. The predicted octanol–water partition coefficient (Wildman–Crippen LogP) is 1.89. The van der Waals surface area contributed by atoms with Gasteiger partial charge in [-0.3, -0.25) is 0 Å². The van der Waals surface area contributed by atoms with Gasteiger partial charge in [-0.05, 0) is 17.5 Å². The number of hydrogen-bond acceptors (Lipinski definition) is 6. The van der Waals surface area contributed by atoms with Crippen LogP contribution in [0.25, 0.3) is 0 Å². The lowest BCUT2D eigenvalue weighted by Gasteiger charge is -2.37. The van der Waals surface area contributed by atoms with E-state index in [-0.39, 0.29) is 5.41 Å². The monoisotopic (exact) mass is 298 g/mol. The molecule has 2 aromatic rings. The average molecular weight is 298 g/mol. The number of nitrogens with zero attached hydrogens (tertiary/aromatic N) is 6. The lowest BCUT2D eigenvalue weighted by molar-refractivity contribution is 0.569. The van der Waals surface area contributed by atoms with E-state index in [0.29, 0.717) is 0 Å². The van der Waals surface area contributed by atoms with E-state index < -0.39 is 0 Å². The Labute approximate surface area is 131 Å². The van der Waals surface area contributed by atoms with Crippen LogP contribution in [0, 0.1) is 0 Å².